The van der Waals surface area contributed by atoms with Gasteiger partial charge in [-0.3, -0.25) is 9.59 Å². The van der Waals surface area contributed by atoms with Crippen LogP contribution in [0.5, 0.6) is 5.75 Å². The van der Waals surface area contributed by atoms with E-state index in [0.717, 1.165) is 24.2 Å². The van der Waals surface area contributed by atoms with E-state index in [1.165, 1.54) is 0 Å². The third kappa shape index (κ3) is 3.40. The van der Waals surface area contributed by atoms with Crippen molar-refractivity contribution in [3.05, 3.63) is 65.2 Å². The summed E-state index contributed by atoms with van der Waals surface area (Å²) >= 11 is 0. The van der Waals surface area contributed by atoms with Crippen LogP contribution < -0.4 is 15.4 Å². The van der Waals surface area contributed by atoms with Gasteiger partial charge >= 0.3 is 0 Å². The Kier molecular flexibility index (Phi) is 3.98. The van der Waals surface area contributed by atoms with Gasteiger partial charge in [0, 0.05) is 11.6 Å². The number of nitrogens with one attached hydrogen (secondary N) is 2. The van der Waals surface area contributed by atoms with Crippen LogP contribution in [0, 0.1) is 0 Å². The standard InChI is InChI=1S/C20H18N2O3/c23-19(14-11-13-5-1-4-8-18(13)25-12-14)22-17-7-3-2-6-16(17)20(24)21-15-9-10-15/h1-8,11,15H,9-10,12H2,(H,21,24)(H,22,23). The second-order valence-corrected chi connectivity index (χ2v) is 6.24. The van der Waals surface area contributed by atoms with Crippen LogP contribution in [0.4, 0.5) is 5.69 Å². The molecule has 4 rings (SSSR count). The zero-order valence-corrected chi connectivity index (χ0v) is 13.6. The molecule has 1 aliphatic heterocycles. The molecule has 5 nitrogen and oxygen atoms in total. The van der Waals surface area contributed by atoms with Crippen molar-refractivity contribution in [1.29, 1.82) is 0 Å². The van der Waals surface area contributed by atoms with Gasteiger partial charge in [-0.2, -0.15) is 0 Å². The normalized spacial score (nSPS) is 15.4. The van der Waals surface area contributed by atoms with Gasteiger partial charge in [0.1, 0.15) is 12.4 Å². The van der Waals surface area contributed by atoms with Gasteiger partial charge in [0.15, 0.2) is 0 Å². The van der Waals surface area contributed by atoms with Gasteiger partial charge in [-0.05, 0) is 37.1 Å². The molecule has 1 saturated carbocycles. The molecule has 2 aromatic carbocycles. The molecule has 2 N–H and O–H groups in total. The molecule has 1 aliphatic carbocycles. The van der Waals surface area contributed by atoms with Crippen LogP contribution >= 0.6 is 0 Å². The van der Waals surface area contributed by atoms with Crippen LogP contribution in [0.3, 0.4) is 0 Å². The summed E-state index contributed by atoms with van der Waals surface area (Å²) in [7, 11) is 0. The third-order valence-electron chi connectivity index (χ3n) is 4.26. The Morgan fingerprint density at radius 3 is 2.56 bits per heavy atom. The van der Waals surface area contributed by atoms with Crippen molar-refractivity contribution >= 4 is 23.6 Å². The third-order valence-corrected chi connectivity index (χ3v) is 4.26. The lowest BCUT2D eigenvalue weighted by molar-refractivity contribution is -0.113. The summed E-state index contributed by atoms with van der Waals surface area (Å²) < 4.78 is 5.63. The summed E-state index contributed by atoms with van der Waals surface area (Å²) in [6.45, 7) is 0.208. The molecule has 0 atom stereocenters. The van der Waals surface area contributed by atoms with E-state index in [9.17, 15) is 9.59 Å². The fourth-order valence-electron chi connectivity index (χ4n) is 2.73. The number of fused-ring (bicyclic) bond motifs is 1. The van der Waals surface area contributed by atoms with Crippen LogP contribution in [0.2, 0.25) is 0 Å². The Morgan fingerprint density at radius 2 is 1.72 bits per heavy atom. The number of carbonyl (C=O) groups excluding carboxylic acids is 2. The van der Waals surface area contributed by atoms with Gasteiger partial charge in [0.25, 0.3) is 11.8 Å². The van der Waals surface area contributed by atoms with Crippen LogP contribution in [0.25, 0.3) is 6.08 Å². The predicted octanol–water partition coefficient (Wildman–Crippen LogP) is 2.99. The Labute approximate surface area is 145 Å². The average Bonchev–Trinajstić information content (AvgIpc) is 3.45. The molecule has 2 amide bonds. The molecular formula is C20H18N2O3. The summed E-state index contributed by atoms with van der Waals surface area (Å²) in [4.78, 5) is 24.9. The fourth-order valence-corrected chi connectivity index (χ4v) is 2.73. The molecule has 0 unspecified atom stereocenters. The van der Waals surface area contributed by atoms with Crippen LogP contribution in [-0.4, -0.2) is 24.5 Å². The minimum Gasteiger partial charge on any atom is -0.488 e. The van der Waals surface area contributed by atoms with E-state index in [-0.39, 0.29) is 24.5 Å². The van der Waals surface area contributed by atoms with Crippen molar-refractivity contribution < 1.29 is 14.3 Å². The number of carbonyl (C=O) groups is 2. The first-order chi connectivity index (χ1) is 12.2. The molecule has 5 heteroatoms. The average molecular weight is 334 g/mol. The molecule has 1 heterocycles. The van der Waals surface area contributed by atoms with Gasteiger partial charge < -0.3 is 15.4 Å². The smallest absolute Gasteiger partial charge is 0.255 e. The van der Waals surface area contributed by atoms with E-state index in [1.807, 2.05) is 30.3 Å². The topological polar surface area (TPSA) is 67.4 Å². The molecule has 2 aromatic rings. The number of para-hydroxylation sites is 2. The van der Waals surface area contributed by atoms with Crippen molar-refractivity contribution in [2.24, 2.45) is 0 Å². The Morgan fingerprint density at radius 1 is 0.960 bits per heavy atom. The molecule has 0 radical (unpaired) electrons. The van der Waals surface area contributed by atoms with E-state index in [1.54, 1.807) is 24.3 Å². The molecular weight excluding hydrogens is 316 g/mol. The first-order valence-corrected chi connectivity index (χ1v) is 8.34. The van der Waals surface area contributed by atoms with E-state index in [0.29, 0.717) is 16.8 Å². The van der Waals surface area contributed by atoms with Crippen molar-refractivity contribution in [2.75, 3.05) is 11.9 Å². The van der Waals surface area contributed by atoms with E-state index >= 15 is 0 Å². The predicted molar refractivity (Wildman–Crippen MR) is 95.5 cm³/mol. The highest BCUT2D eigenvalue weighted by Crippen LogP contribution is 2.27. The minimum atomic E-state index is -0.263. The van der Waals surface area contributed by atoms with E-state index < -0.39 is 0 Å². The van der Waals surface area contributed by atoms with Crippen molar-refractivity contribution in [1.82, 2.24) is 5.32 Å². The molecule has 0 aromatic heterocycles. The highest BCUT2D eigenvalue weighted by molar-refractivity contribution is 6.11. The largest absolute Gasteiger partial charge is 0.488 e. The van der Waals surface area contributed by atoms with E-state index in [4.69, 9.17) is 4.74 Å². The molecule has 0 saturated heterocycles. The zero-order chi connectivity index (χ0) is 17.2. The Balaban J connectivity index is 1.53. The number of amides is 2. The SMILES string of the molecule is O=C(Nc1ccccc1C(=O)NC1CC1)C1=Cc2ccccc2OC1. The second-order valence-electron chi connectivity index (χ2n) is 6.24. The molecule has 2 aliphatic rings. The van der Waals surface area contributed by atoms with Gasteiger partial charge in [-0.25, -0.2) is 0 Å². The van der Waals surface area contributed by atoms with Gasteiger partial charge in [0.05, 0.1) is 16.8 Å². The Hall–Kier alpha value is -3.08. The number of rotatable bonds is 4. The van der Waals surface area contributed by atoms with E-state index in [2.05, 4.69) is 10.6 Å². The highest BCUT2D eigenvalue weighted by Gasteiger charge is 2.25. The van der Waals surface area contributed by atoms with Gasteiger partial charge in [-0.15, -0.1) is 0 Å². The lowest BCUT2D eigenvalue weighted by Gasteiger charge is -2.18. The first kappa shape index (κ1) is 15.4. The molecule has 0 spiro atoms. The summed E-state index contributed by atoms with van der Waals surface area (Å²) in [6, 6.07) is 14.9. The van der Waals surface area contributed by atoms with Gasteiger partial charge in [0.2, 0.25) is 0 Å². The second kappa shape index (κ2) is 6.43. The highest BCUT2D eigenvalue weighted by atomic mass is 16.5. The molecule has 25 heavy (non-hydrogen) atoms. The van der Waals surface area contributed by atoms with Crippen molar-refractivity contribution in [2.45, 2.75) is 18.9 Å². The number of benzene rings is 2. The zero-order valence-electron chi connectivity index (χ0n) is 13.6. The maximum Gasteiger partial charge on any atom is 0.255 e. The number of hydrogen-bond donors (Lipinski definition) is 2. The van der Waals surface area contributed by atoms with Crippen LogP contribution in [-0.2, 0) is 4.79 Å². The number of hydrogen-bond acceptors (Lipinski definition) is 3. The fraction of sp³-hybridized carbons (Fsp3) is 0.200. The minimum absolute atomic E-state index is 0.155. The Bertz CT molecular complexity index is 869. The summed E-state index contributed by atoms with van der Waals surface area (Å²) in [5.74, 6) is 0.349. The molecule has 0 bridgehead atoms. The number of anilines is 1. The molecule has 126 valence electrons. The van der Waals surface area contributed by atoms with Crippen LogP contribution in [0.15, 0.2) is 54.1 Å². The maximum atomic E-state index is 12.6. The van der Waals surface area contributed by atoms with Gasteiger partial charge in [-0.1, -0.05) is 30.3 Å². The molecule has 1 fully saturated rings. The quantitative estimate of drug-likeness (QED) is 0.903. The monoisotopic (exact) mass is 334 g/mol. The summed E-state index contributed by atoms with van der Waals surface area (Å²) in [5.41, 5.74) is 2.38. The summed E-state index contributed by atoms with van der Waals surface area (Å²) in [6.07, 6.45) is 3.86. The lowest BCUT2D eigenvalue weighted by atomic mass is 10.1. The number of ether oxygens (including phenoxy) is 1. The summed E-state index contributed by atoms with van der Waals surface area (Å²) in [5, 5.41) is 5.78. The maximum absolute atomic E-state index is 12.6. The lowest BCUT2D eigenvalue weighted by Crippen LogP contribution is -2.27. The van der Waals surface area contributed by atoms with Crippen molar-refractivity contribution in [3.8, 4) is 5.75 Å². The van der Waals surface area contributed by atoms with Crippen molar-refractivity contribution in [3.63, 3.8) is 0 Å². The van der Waals surface area contributed by atoms with Crippen LogP contribution in [0.1, 0.15) is 28.8 Å². The first-order valence-electron chi connectivity index (χ1n) is 8.34.